The number of carbonyl (C=O) groups is 2. The minimum absolute atomic E-state index is 0.0784. The lowest BCUT2D eigenvalue weighted by Crippen LogP contribution is -2.34. The van der Waals surface area contributed by atoms with Gasteiger partial charge in [0.05, 0.1) is 0 Å². The fourth-order valence-corrected chi connectivity index (χ4v) is 1.40. The molecule has 1 rings (SSSR count). The summed E-state index contributed by atoms with van der Waals surface area (Å²) in [5, 5.41) is 14.4. The Labute approximate surface area is 118 Å². The van der Waals surface area contributed by atoms with E-state index in [0.29, 0.717) is 5.69 Å². The summed E-state index contributed by atoms with van der Waals surface area (Å²) in [6.07, 6.45) is -0.433. The first-order valence-corrected chi connectivity index (χ1v) is 6.32. The summed E-state index contributed by atoms with van der Waals surface area (Å²) < 4.78 is 5.04. The number of rotatable bonds is 4. The van der Waals surface area contributed by atoms with Crippen LogP contribution < -0.4 is 10.6 Å². The second-order valence-corrected chi connectivity index (χ2v) is 5.28. The van der Waals surface area contributed by atoms with Crippen LogP contribution in [-0.2, 0) is 9.53 Å². The van der Waals surface area contributed by atoms with Crippen molar-refractivity contribution in [3.8, 4) is 5.75 Å². The summed E-state index contributed by atoms with van der Waals surface area (Å²) in [5.41, 5.74) is -0.0549. The number of phenolic OH excluding ortho intramolecular Hbond substituents is 1. The molecule has 0 aliphatic rings. The van der Waals surface area contributed by atoms with E-state index >= 15 is 0 Å². The number of benzene rings is 1. The average molecular weight is 280 g/mol. The number of hydrogen-bond acceptors (Lipinski definition) is 4. The highest BCUT2D eigenvalue weighted by atomic mass is 16.6. The van der Waals surface area contributed by atoms with E-state index < -0.39 is 11.7 Å². The Morgan fingerprint density at radius 3 is 2.60 bits per heavy atom. The molecule has 0 aliphatic heterocycles. The normalized spacial score (nSPS) is 10.8. The summed E-state index contributed by atoms with van der Waals surface area (Å²) in [6.45, 7) is 5.48. The van der Waals surface area contributed by atoms with Crippen molar-refractivity contribution in [2.75, 3.05) is 11.9 Å². The molecule has 0 unspecified atom stereocenters. The molecule has 20 heavy (non-hydrogen) atoms. The van der Waals surface area contributed by atoms with Crippen LogP contribution in [0.2, 0.25) is 0 Å². The third-order valence-corrected chi connectivity index (χ3v) is 2.15. The zero-order valence-electron chi connectivity index (χ0n) is 11.9. The fraction of sp³-hybridized carbons (Fsp3) is 0.429. The highest BCUT2D eigenvalue weighted by molar-refractivity contribution is 5.91. The number of hydrogen-bond donors (Lipinski definition) is 3. The molecule has 3 N–H and O–H groups in total. The van der Waals surface area contributed by atoms with Gasteiger partial charge in [-0.15, -0.1) is 0 Å². The molecule has 0 spiro atoms. The van der Waals surface area contributed by atoms with E-state index in [1.165, 1.54) is 12.1 Å². The third kappa shape index (κ3) is 6.63. The highest BCUT2D eigenvalue weighted by Crippen LogP contribution is 2.15. The number of carbonyl (C=O) groups excluding carboxylic acids is 2. The Kier molecular flexibility index (Phi) is 5.37. The van der Waals surface area contributed by atoms with Gasteiger partial charge in [-0.3, -0.25) is 4.79 Å². The standard InChI is InChI=1S/C14H20N2O4/c1-14(2,3)20-13(19)15-8-7-12(18)16-10-5-4-6-11(17)9-10/h4-6,9,17H,7-8H2,1-3H3,(H,15,19)(H,16,18). The Morgan fingerprint density at radius 1 is 1.30 bits per heavy atom. The van der Waals surface area contributed by atoms with Crippen molar-refractivity contribution in [2.45, 2.75) is 32.8 Å². The lowest BCUT2D eigenvalue weighted by atomic mass is 10.2. The lowest BCUT2D eigenvalue weighted by molar-refractivity contribution is -0.116. The molecule has 0 bridgehead atoms. The molecule has 0 aliphatic carbocycles. The van der Waals surface area contributed by atoms with Gasteiger partial charge in [0.25, 0.3) is 0 Å². The molecule has 6 heteroatoms. The first-order chi connectivity index (χ1) is 9.26. The van der Waals surface area contributed by atoms with E-state index in [0.717, 1.165) is 0 Å². The van der Waals surface area contributed by atoms with Crippen molar-refractivity contribution >= 4 is 17.7 Å². The minimum Gasteiger partial charge on any atom is -0.508 e. The summed E-state index contributed by atoms with van der Waals surface area (Å²) in [7, 11) is 0. The summed E-state index contributed by atoms with van der Waals surface area (Å²) in [5.74, 6) is -0.179. The van der Waals surface area contributed by atoms with E-state index in [1.807, 2.05) is 0 Å². The van der Waals surface area contributed by atoms with E-state index in [1.54, 1.807) is 32.9 Å². The van der Waals surface area contributed by atoms with Crippen LogP contribution in [0.1, 0.15) is 27.2 Å². The molecule has 0 heterocycles. The zero-order chi connectivity index (χ0) is 15.2. The van der Waals surface area contributed by atoms with Gasteiger partial charge in [-0.1, -0.05) is 6.07 Å². The molecule has 0 aromatic heterocycles. The SMILES string of the molecule is CC(C)(C)OC(=O)NCCC(=O)Nc1cccc(O)c1. The molecule has 6 nitrogen and oxygen atoms in total. The van der Waals surface area contributed by atoms with Gasteiger partial charge >= 0.3 is 6.09 Å². The molecule has 110 valence electrons. The number of phenols is 1. The van der Waals surface area contributed by atoms with Gasteiger partial charge in [0.1, 0.15) is 11.4 Å². The summed E-state index contributed by atoms with van der Waals surface area (Å²) in [4.78, 5) is 23.0. The van der Waals surface area contributed by atoms with Crippen LogP contribution in [-0.4, -0.2) is 29.3 Å². The maximum Gasteiger partial charge on any atom is 0.407 e. The third-order valence-electron chi connectivity index (χ3n) is 2.15. The van der Waals surface area contributed by atoms with Crippen LogP contribution in [0.5, 0.6) is 5.75 Å². The maximum atomic E-state index is 11.6. The Hall–Kier alpha value is -2.24. The topological polar surface area (TPSA) is 87.7 Å². The lowest BCUT2D eigenvalue weighted by Gasteiger charge is -2.19. The smallest absolute Gasteiger partial charge is 0.407 e. The Balaban J connectivity index is 2.29. The van der Waals surface area contributed by atoms with E-state index in [9.17, 15) is 14.7 Å². The number of amides is 2. The van der Waals surface area contributed by atoms with E-state index in [2.05, 4.69) is 10.6 Å². The minimum atomic E-state index is -0.562. The predicted molar refractivity (Wildman–Crippen MR) is 75.6 cm³/mol. The zero-order valence-corrected chi connectivity index (χ0v) is 11.9. The van der Waals surface area contributed by atoms with Crippen molar-refractivity contribution in [1.29, 1.82) is 0 Å². The van der Waals surface area contributed by atoms with Crippen LogP contribution in [0, 0.1) is 0 Å². The van der Waals surface area contributed by atoms with Crippen LogP contribution in [0.4, 0.5) is 10.5 Å². The molecule has 0 saturated heterocycles. The highest BCUT2D eigenvalue weighted by Gasteiger charge is 2.15. The fourth-order valence-electron chi connectivity index (χ4n) is 1.40. The molecule has 0 atom stereocenters. The Bertz CT molecular complexity index is 480. The molecule has 0 radical (unpaired) electrons. The maximum absolute atomic E-state index is 11.6. The summed E-state index contributed by atoms with van der Waals surface area (Å²) in [6, 6.07) is 6.25. The van der Waals surface area contributed by atoms with Gasteiger partial charge in [0.15, 0.2) is 0 Å². The Morgan fingerprint density at radius 2 is 2.00 bits per heavy atom. The predicted octanol–water partition coefficient (Wildman–Crippen LogP) is 2.25. The van der Waals surface area contributed by atoms with Crippen molar-refractivity contribution in [2.24, 2.45) is 0 Å². The van der Waals surface area contributed by atoms with Crippen molar-refractivity contribution in [3.05, 3.63) is 24.3 Å². The average Bonchev–Trinajstić information content (AvgIpc) is 2.26. The first-order valence-electron chi connectivity index (χ1n) is 6.32. The second-order valence-electron chi connectivity index (χ2n) is 5.28. The van der Waals surface area contributed by atoms with Gasteiger partial charge in [-0.2, -0.15) is 0 Å². The van der Waals surface area contributed by atoms with Gasteiger partial charge in [-0.05, 0) is 32.9 Å². The van der Waals surface area contributed by atoms with E-state index in [-0.39, 0.29) is 24.6 Å². The van der Waals surface area contributed by atoms with Gasteiger partial charge < -0.3 is 20.5 Å². The first kappa shape index (κ1) is 15.8. The monoisotopic (exact) mass is 280 g/mol. The number of aromatic hydroxyl groups is 1. The number of anilines is 1. The number of ether oxygens (including phenoxy) is 1. The second kappa shape index (κ2) is 6.79. The van der Waals surface area contributed by atoms with Crippen LogP contribution in [0.25, 0.3) is 0 Å². The van der Waals surface area contributed by atoms with E-state index in [4.69, 9.17) is 4.74 Å². The van der Waals surface area contributed by atoms with Gasteiger partial charge in [-0.25, -0.2) is 4.79 Å². The quantitative estimate of drug-likeness (QED) is 0.789. The molecule has 0 fully saturated rings. The number of nitrogens with one attached hydrogen (secondary N) is 2. The van der Waals surface area contributed by atoms with Gasteiger partial charge in [0, 0.05) is 24.7 Å². The molecule has 1 aromatic carbocycles. The molecule has 1 aromatic rings. The van der Waals surface area contributed by atoms with Crippen molar-refractivity contribution in [3.63, 3.8) is 0 Å². The van der Waals surface area contributed by atoms with Crippen molar-refractivity contribution in [1.82, 2.24) is 5.32 Å². The molecular formula is C14H20N2O4. The van der Waals surface area contributed by atoms with Crippen LogP contribution in [0.15, 0.2) is 24.3 Å². The summed E-state index contributed by atoms with van der Waals surface area (Å²) >= 11 is 0. The van der Waals surface area contributed by atoms with Crippen LogP contribution in [0.3, 0.4) is 0 Å². The molecule has 2 amide bonds. The molecular weight excluding hydrogens is 260 g/mol. The molecule has 0 saturated carbocycles. The number of alkyl carbamates (subject to hydrolysis) is 1. The van der Waals surface area contributed by atoms with Gasteiger partial charge in [0.2, 0.25) is 5.91 Å². The van der Waals surface area contributed by atoms with Crippen molar-refractivity contribution < 1.29 is 19.4 Å². The largest absolute Gasteiger partial charge is 0.508 e. The van der Waals surface area contributed by atoms with Crippen LogP contribution >= 0.6 is 0 Å².